The van der Waals surface area contributed by atoms with Crippen molar-refractivity contribution in [2.24, 2.45) is 0 Å². The van der Waals surface area contributed by atoms with E-state index in [-0.39, 0.29) is 4.43 Å². The first-order valence-electron chi connectivity index (χ1n) is 13.2. The van der Waals surface area contributed by atoms with Gasteiger partial charge in [-0.05, 0) is 0 Å². The first-order chi connectivity index (χ1) is 20.5. The van der Waals surface area contributed by atoms with Crippen LogP contribution in [0, 0.1) is 0 Å². The summed E-state index contributed by atoms with van der Waals surface area (Å²) >= 11 is 1.92. The summed E-state index contributed by atoms with van der Waals surface area (Å²) in [5, 5.41) is 0. The van der Waals surface area contributed by atoms with Gasteiger partial charge in [0.2, 0.25) is 12.4 Å². The lowest BCUT2D eigenvalue weighted by molar-refractivity contribution is -0.353. The average molecular weight is 746 g/mol. The van der Waals surface area contributed by atoms with Crippen LogP contribution < -0.4 is 0 Å². The van der Waals surface area contributed by atoms with Gasteiger partial charge in [0.25, 0.3) is 0 Å². The number of carbonyl (C=O) groups excluding carboxylic acids is 7. The van der Waals surface area contributed by atoms with Crippen molar-refractivity contribution in [3.8, 4) is 0 Å². The molecule has 0 amide bonds. The Balaban J connectivity index is 2.65. The molecule has 0 aliphatic carbocycles. The highest BCUT2D eigenvalue weighted by Gasteiger charge is 2.57. The van der Waals surface area contributed by atoms with Gasteiger partial charge in [-0.3, -0.25) is 33.6 Å². The van der Waals surface area contributed by atoms with Gasteiger partial charge in [-0.25, -0.2) is 0 Å². The maximum atomic E-state index is 12.2. The quantitative estimate of drug-likeness (QED) is 0.118. The highest BCUT2D eigenvalue weighted by molar-refractivity contribution is 14.1. The number of halogens is 1. The van der Waals surface area contributed by atoms with Crippen LogP contribution in [0.25, 0.3) is 0 Å². The van der Waals surface area contributed by atoms with Crippen LogP contribution in [0.3, 0.4) is 0 Å². The predicted octanol–water partition coefficient (Wildman–Crippen LogP) is 0.0411. The van der Waals surface area contributed by atoms with E-state index in [0.29, 0.717) is 0 Å². The van der Waals surface area contributed by atoms with Crippen LogP contribution in [-0.4, -0.2) is 114 Å². The molecule has 0 bridgehead atoms. The SMILES string of the molecule is CC(=O)OCC1OC(OC2C(CI)OC(OC(C)=O)C(OC(C)=O)C2OC(C)=O)C(OC(C)=O)C(OC(C)=O)C1OC(C)=O. The van der Waals surface area contributed by atoms with Crippen molar-refractivity contribution in [3.05, 3.63) is 0 Å². The normalized spacial score (nSPS) is 31.5. The molecular formula is C26H35IO17. The first-order valence-corrected chi connectivity index (χ1v) is 14.8. The van der Waals surface area contributed by atoms with Gasteiger partial charge in [0.15, 0.2) is 30.7 Å². The zero-order valence-electron chi connectivity index (χ0n) is 25.0. The van der Waals surface area contributed by atoms with Crippen LogP contribution in [0.15, 0.2) is 0 Å². The van der Waals surface area contributed by atoms with Crippen molar-refractivity contribution in [2.75, 3.05) is 11.0 Å². The van der Waals surface area contributed by atoms with E-state index in [9.17, 15) is 33.6 Å². The summed E-state index contributed by atoms with van der Waals surface area (Å²) in [5.74, 6) is -5.76. The zero-order chi connectivity index (χ0) is 33.3. The summed E-state index contributed by atoms with van der Waals surface area (Å²) in [6.07, 6.45) is -14.6. The lowest BCUT2D eigenvalue weighted by atomic mass is 9.96. The number of ether oxygens (including phenoxy) is 10. The van der Waals surface area contributed by atoms with E-state index >= 15 is 0 Å². The first kappa shape index (κ1) is 37.1. The Morgan fingerprint density at radius 3 is 1.30 bits per heavy atom. The number of alkyl halides is 1. The Hall–Kier alpha value is -3.10. The number of esters is 7. The maximum Gasteiger partial charge on any atom is 0.305 e. The minimum atomic E-state index is -1.68. The summed E-state index contributed by atoms with van der Waals surface area (Å²) in [6.45, 7) is 7.00. The van der Waals surface area contributed by atoms with Crippen molar-refractivity contribution >= 4 is 64.4 Å². The fraction of sp³-hybridized carbons (Fsp3) is 0.731. The van der Waals surface area contributed by atoms with E-state index in [1.807, 2.05) is 22.6 Å². The zero-order valence-corrected chi connectivity index (χ0v) is 27.2. The minimum absolute atomic E-state index is 0.121. The number of hydrogen-bond acceptors (Lipinski definition) is 17. The van der Waals surface area contributed by atoms with Gasteiger partial charge in [0.05, 0.1) is 0 Å². The van der Waals surface area contributed by atoms with E-state index < -0.39 is 110 Å². The molecule has 44 heavy (non-hydrogen) atoms. The van der Waals surface area contributed by atoms with Crippen molar-refractivity contribution in [2.45, 2.75) is 110 Å². The predicted molar refractivity (Wildman–Crippen MR) is 147 cm³/mol. The van der Waals surface area contributed by atoms with Crippen LogP contribution >= 0.6 is 22.6 Å². The molecule has 0 aromatic heterocycles. The standard InChI is InChI=1S/C26H35IO17/c1-10(28)35-9-18-20(36-11(2)29)22(38-13(4)31)24(40-15(6)33)26(43-18)44-19-17(8-27)42-25(41-16(7)34)23(39-14(5)32)21(19)37-12(3)30/h17-26H,8-9H2,1-7H3. The highest BCUT2D eigenvalue weighted by Crippen LogP contribution is 2.35. The second-order valence-corrected chi connectivity index (χ2v) is 10.5. The average Bonchev–Trinajstić information content (AvgIpc) is 2.87. The van der Waals surface area contributed by atoms with Gasteiger partial charge in [-0.1, -0.05) is 22.6 Å². The maximum absolute atomic E-state index is 12.2. The Kier molecular flexibility index (Phi) is 14.2. The third-order valence-electron chi connectivity index (χ3n) is 5.87. The monoisotopic (exact) mass is 746 g/mol. The molecule has 10 unspecified atom stereocenters. The van der Waals surface area contributed by atoms with Crippen LogP contribution in [0.1, 0.15) is 48.5 Å². The fourth-order valence-electron chi connectivity index (χ4n) is 4.52. The lowest BCUT2D eigenvalue weighted by Gasteiger charge is -2.48. The van der Waals surface area contributed by atoms with E-state index in [4.69, 9.17) is 47.4 Å². The number of carbonyl (C=O) groups is 7. The minimum Gasteiger partial charge on any atom is -0.463 e. The van der Waals surface area contributed by atoms with Crippen molar-refractivity contribution in [1.29, 1.82) is 0 Å². The van der Waals surface area contributed by atoms with Gasteiger partial charge >= 0.3 is 41.8 Å². The molecule has 2 rings (SSSR count). The van der Waals surface area contributed by atoms with Gasteiger partial charge in [0, 0.05) is 52.9 Å². The van der Waals surface area contributed by atoms with E-state index in [0.717, 1.165) is 48.5 Å². The van der Waals surface area contributed by atoms with Gasteiger partial charge < -0.3 is 47.4 Å². The summed E-state index contributed by atoms with van der Waals surface area (Å²) in [5.41, 5.74) is 0. The van der Waals surface area contributed by atoms with Crippen molar-refractivity contribution in [3.63, 3.8) is 0 Å². The number of hydrogen-bond donors (Lipinski definition) is 0. The van der Waals surface area contributed by atoms with Crippen LogP contribution in [0.5, 0.6) is 0 Å². The van der Waals surface area contributed by atoms with E-state index in [1.54, 1.807) is 0 Å². The molecule has 0 saturated carbocycles. The number of rotatable bonds is 11. The van der Waals surface area contributed by atoms with Crippen molar-refractivity contribution in [1.82, 2.24) is 0 Å². The fourth-order valence-corrected chi connectivity index (χ4v) is 5.23. The Labute approximate surface area is 265 Å². The molecule has 2 fully saturated rings. The van der Waals surface area contributed by atoms with Gasteiger partial charge in [0.1, 0.15) is 24.9 Å². The second-order valence-electron chi connectivity index (χ2n) is 9.62. The lowest BCUT2D eigenvalue weighted by Crippen LogP contribution is -2.67. The Morgan fingerprint density at radius 2 is 0.864 bits per heavy atom. The molecule has 2 aliphatic heterocycles. The Bertz CT molecular complexity index is 1090. The molecule has 0 radical (unpaired) electrons. The summed E-state index contributed by atoms with van der Waals surface area (Å²) in [7, 11) is 0. The molecule has 10 atom stereocenters. The summed E-state index contributed by atoms with van der Waals surface area (Å²) < 4.78 is 55.5. The van der Waals surface area contributed by atoms with Crippen LogP contribution in [0.2, 0.25) is 0 Å². The van der Waals surface area contributed by atoms with E-state index in [2.05, 4.69) is 0 Å². The molecular weight excluding hydrogens is 711 g/mol. The summed E-state index contributed by atoms with van der Waals surface area (Å²) in [6, 6.07) is 0. The third-order valence-corrected chi connectivity index (χ3v) is 6.74. The second kappa shape index (κ2) is 16.8. The topological polar surface area (TPSA) is 212 Å². The van der Waals surface area contributed by atoms with Crippen molar-refractivity contribution < 1.29 is 80.9 Å². The molecule has 0 aromatic rings. The van der Waals surface area contributed by atoms with Crippen LogP contribution in [-0.2, 0) is 80.9 Å². The molecule has 0 N–H and O–H groups in total. The molecule has 2 aliphatic rings. The largest absolute Gasteiger partial charge is 0.463 e. The summed E-state index contributed by atoms with van der Waals surface area (Å²) in [4.78, 5) is 84.0. The smallest absolute Gasteiger partial charge is 0.305 e. The molecule has 0 spiro atoms. The van der Waals surface area contributed by atoms with E-state index in [1.165, 1.54) is 0 Å². The molecule has 17 nitrogen and oxygen atoms in total. The molecule has 2 heterocycles. The van der Waals surface area contributed by atoms with Gasteiger partial charge in [-0.2, -0.15) is 0 Å². The highest BCUT2D eigenvalue weighted by atomic mass is 127. The van der Waals surface area contributed by atoms with Gasteiger partial charge in [-0.15, -0.1) is 0 Å². The third kappa shape index (κ3) is 10.8. The molecule has 248 valence electrons. The Morgan fingerprint density at radius 1 is 0.477 bits per heavy atom. The molecule has 2 saturated heterocycles. The molecule has 0 aromatic carbocycles. The molecule has 18 heteroatoms. The van der Waals surface area contributed by atoms with Crippen LogP contribution in [0.4, 0.5) is 0 Å².